The Morgan fingerprint density at radius 1 is 0.671 bits per heavy atom. The molecule has 1 saturated heterocycles. The molecule has 17 heteroatoms. The van der Waals surface area contributed by atoms with Gasteiger partial charge in [0.1, 0.15) is 53.7 Å². The molecule has 4 atom stereocenters. The average molecular weight is 1000 g/mol. The normalized spacial score (nSPS) is 15.8. The van der Waals surface area contributed by atoms with Gasteiger partial charge in [0.15, 0.2) is 6.29 Å². The Morgan fingerprint density at radius 3 is 1.86 bits per heavy atom. The molecule has 1 aliphatic rings. The van der Waals surface area contributed by atoms with Crippen LogP contribution >= 0.6 is 0 Å². The van der Waals surface area contributed by atoms with E-state index in [0.29, 0.717) is 30.9 Å². The second kappa shape index (κ2) is 21.6. The van der Waals surface area contributed by atoms with Crippen LogP contribution in [0.3, 0.4) is 0 Å². The largest absolute Gasteiger partial charge is 0.489 e. The van der Waals surface area contributed by atoms with Crippen LogP contribution in [0.2, 0.25) is 0 Å². The Bertz CT molecular complexity index is 3430. The second-order valence-electron chi connectivity index (χ2n) is 18.1. The number of ether oxygens (including phenoxy) is 4. The van der Waals surface area contributed by atoms with Crippen LogP contribution in [-0.2, 0) is 23.8 Å². The van der Waals surface area contributed by atoms with Gasteiger partial charge >= 0.3 is 0 Å². The van der Waals surface area contributed by atoms with E-state index in [0.717, 1.165) is 78.8 Å². The predicted octanol–water partition coefficient (Wildman–Crippen LogP) is 9.68. The summed E-state index contributed by atoms with van der Waals surface area (Å²) in [4.78, 5) is 18.9. The van der Waals surface area contributed by atoms with Gasteiger partial charge in [-0.1, -0.05) is 60.2 Å². The number of imidazole rings is 2. The average Bonchev–Trinajstić information content (AvgIpc) is 4.06. The van der Waals surface area contributed by atoms with E-state index in [9.17, 15) is 13.5 Å². The summed E-state index contributed by atoms with van der Waals surface area (Å²) in [5, 5.41) is 15.9. The monoisotopic (exact) mass is 1000 g/mol. The highest BCUT2D eigenvalue weighted by molar-refractivity contribution is 7.86. The zero-order chi connectivity index (χ0) is 50.5. The summed E-state index contributed by atoms with van der Waals surface area (Å²) in [5.74, 6) is 2.69. The van der Waals surface area contributed by atoms with Gasteiger partial charge in [-0.3, -0.25) is 4.18 Å². The third-order valence-electron chi connectivity index (χ3n) is 12.7. The van der Waals surface area contributed by atoms with Gasteiger partial charge < -0.3 is 43.5 Å². The van der Waals surface area contributed by atoms with E-state index in [-0.39, 0.29) is 30.6 Å². The van der Waals surface area contributed by atoms with E-state index in [1.165, 1.54) is 12.1 Å². The SMILES string of the molecule is CNc1ccc(-c2ccc(-c3cn4cc(OCC(COS(=O)(=O)c5ccc(C)cc5)OC5CCC(c6cc(-c7ccc(NC)nc7)ccc6-c6cn7cc(OC[C@@H](C)O)ccc7n6)CO5)ccc4n3)cc2)cn1. The van der Waals surface area contributed by atoms with Crippen molar-refractivity contribution in [2.24, 2.45) is 0 Å². The molecule has 0 bridgehead atoms. The highest BCUT2D eigenvalue weighted by atomic mass is 32.2. The number of aryl methyl sites for hydroxylation is 1. The highest BCUT2D eigenvalue weighted by Gasteiger charge is 2.30. The zero-order valence-corrected chi connectivity index (χ0v) is 41.7. The Balaban J connectivity index is 0.861. The molecule has 1 aliphatic heterocycles. The minimum absolute atomic E-state index is 0.0301. The molecule has 6 aromatic heterocycles. The first-order chi connectivity index (χ1) is 35.5. The first-order valence-corrected chi connectivity index (χ1v) is 25.5. The Kier molecular flexibility index (Phi) is 14.5. The lowest BCUT2D eigenvalue weighted by atomic mass is 9.86. The fourth-order valence-electron chi connectivity index (χ4n) is 8.72. The predicted molar refractivity (Wildman–Crippen MR) is 280 cm³/mol. The van der Waals surface area contributed by atoms with E-state index in [4.69, 9.17) is 33.1 Å². The summed E-state index contributed by atoms with van der Waals surface area (Å²) in [6.45, 7) is 3.73. The topological polar surface area (TPSA) is 185 Å². The number of rotatable bonds is 19. The molecule has 9 aromatic rings. The van der Waals surface area contributed by atoms with Crippen LogP contribution in [0.25, 0.3) is 56.1 Å². The van der Waals surface area contributed by atoms with Crippen LogP contribution in [-0.4, -0.2) is 101 Å². The summed E-state index contributed by atoms with van der Waals surface area (Å²) < 4.78 is 61.5. The Labute approximate surface area is 423 Å². The van der Waals surface area contributed by atoms with Gasteiger partial charge in [0.05, 0.1) is 48.0 Å². The van der Waals surface area contributed by atoms with E-state index < -0.39 is 28.6 Å². The molecule has 1 fully saturated rings. The maximum atomic E-state index is 13.4. The van der Waals surface area contributed by atoms with Gasteiger partial charge in [-0.15, -0.1) is 0 Å². The molecular weight excluding hydrogens is 945 g/mol. The molecule has 10 rings (SSSR count). The minimum atomic E-state index is -4.12. The van der Waals surface area contributed by atoms with Crippen LogP contribution in [0.4, 0.5) is 11.6 Å². The molecule has 3 N–H and O–H groups in total. The first kappa shape index (κ1) is 48.9. The van der Waals surface area contributed by atoms with Crippen molar-refractivity contribution in [3.63, 3.8) is 0 Å². The lowest BCUT2D eigenvalue weighted by Gasteiger charge is -2.32. The van der Waals surface area contributed by atoms with Gasteiger partial charge in [0.2, 0.25) is 0 Å². The maximum Gasteiger partial charge on any atom is 0.297 e. The van der Waals surface area contributed by atoms with E-state index in [1.54, 1.807) is 19.1 Å². The summed E-state index contributed by atoms with van der Waals surface area (Å²) in [6, 6.07) is 36.4. The minimum Gasteiger partial charge on any atom is -0.489 e. The molecule has 73 heavy (non-hydrogen) atoms. The van der Waals surface area contributed by atoms with Crippen LogP contribution in [0.1, 0.15) is 36.8 Å². The molecule has 3 aromatic carbocycles. The zero-order valence-electron chi connectivity index (χ0n) is 40.9. The number of anilines is 2. The molecule has 0 aliphatic carbocycles. The number of hydrogen-bond donors (Lipinski definition) is 3. The van der Waals surface area contributed by atoms with Crippen molar-refractivity contribution in [1.82, 2.24) is 28.7 Å². The van der Waals surface area contributed by atoms with Gasteiger partial charge in [-0.05, 0) is 104 Å². The van der Waals surface area contributed by atoms with Crippen LogP contribution in [0.5, 0.6) is 11.5 Å². The molecule has 0 saturated carbocycles. The molecular formula is C56H56N8O8S. The Hall–Kier alpha value is -7.67. The smallest absolute Gasteiger partial charge is 0.297 e. The van der Waals surface area contributed by atoms with E-state index in [2.05, 4.69) is 50.9 Å². The maximum absolute atomic E-state index is 13.4. The van der Waals surface area contributed by atoms with Crippen molar-refractivity contribution in [3.8, 4) is 56.3 Å². The molecule has 374 valence electrons. The van der Waals surface area contributed by atoms with Crippen LogP contribution < -0.4 is 20.1 Å². The van der Waals surface area contributed by atoms with Crippen molar-refractivity contribution >= 4 is 33.0 Å². The first-order valence-electron chi connectivity index (χ1n) is 24.1. The number of fused-ring (bicyclic) bond motifs is 2. The number of benzene rings is 3. The lowest BCUT2D eigenvalue weighted by molar-refractivity contribution is -0.201. The van der Waals surface area contributed by atoms with Gasteiger partial charge in [0.25, 0.3) is 10.1 Å². The van der Waals surface area contributed by atoms with Crippen LogP contribution in [0, 0.1) is 6.92 Å². The molecule has 3 unspecified atom stereocenters. The molecule has 0 amide bonds. The summed E-state index contributed by atoms with van der Waals surface area (Å²) in [5.41, 5.74) is 11.0. The summed E-state index contributed by atoms with van der Waals surface area (Å²) in [7, 11) is -0.443. The Morgan fingerprint density at radius 2 is 1.26 bits per heavy atom. The van der Waals surface area contributed by atoms with Crippen molar-refractivity contribution < 1.29 is 36.7 Å². The summed E-state index contributed by atoms with van der Waals surface area (Å²) in [6.07, 6.45) is 10.4. The molecule has 0 spiro atoms. The second-order valence-corrected chi connectivity index (χ2v) is 19.7. The van der Waals surface area contributed by atoms with Gasteiger partial charge in [0, 0.05) is 67.1 Å². The number of pyridine rings is 4. The van der Waals surface area contributed by atoms with Crippen molar-refractivity contribution in [2.45, 2.75) is 56.0 Å². The number of aliphatic hydroxyl groups excluding tert-OH is 1. The number of hydrogen-bond acceptors (Lipinski definition) is 14. The van der Waals surface area contributed by atoms with Gasteiger partial charge in [-0.2, -0.15) is 8.42 Å². The van der Waals surface area contributed by atoms with Crippen LogP contribution in [0.15, 0.2) is 157 Å². The molecule has 0 radical (unpaired) electrons. The summed E-state index contributed by atoms with van der Waals surface area (Å²) >= 11 is 0. The fourth-order valence-corrected chi connectivity index (χ4v) is 9.66. The third kappa shape index (κ3) is 11.5. The quantitative estimate of drug-likeness (QED) is 0.0651. The number of nitrogens with zero attached hydrogens (tertiary/aromatic N) is 6. The lowest BCUT2D eigenvalue weighted by Crippen LogP contribution is -2.36. The standard InChI is InChI=1S/C56H56N8O8S/c1-36-5-17-47(18-6-36)73(66,67)71-35-46(34-69-45-16-22-54-61-50(30-63(54)29-45)39-9-7-38(8-10-39)41-12-20-52(57-3)59-26-41)72-56-24-14-43(33-70-56)49-25-40(42-13-21-53(58-4)60-27-42)11-19-48(49)51-31-64-28-44(68-32-37(2)65)15-23-55(64)62-51/h5-13,15-23,25-31,37,43,46,56,65H,14,24,32-35H2,1-4H3,(H,57,59)(H,58,60)/t37-,43?,46?,56?/m1/s1. The van der Waals surface area contributed by atoms with Crippen molar-refractivity contribution in [1.29, 1.82) is 0 Å². The van der Waals surface area contributed by atoms with E-state index in [1.807, 2.05) is 128 Å². The van der Waals surface area contributed by atoms with E-state index >= 15 is 0 Å². The van der Waals surface area contributed by atoms with Crippen molar-refractivity contribution in [3.05, 3.63) is 164 Å². The number of aromatic nitrogens is 6. The van der Waals surface area contributed by atoms with Crippen molar-refractivity contribution in [2.75, 3.05) is 51.2 Å². The molecule has 7 heterocycles. The fraction of sp³-hybridized carbons (Fsp3) is 0.250. The van der Waals surface area contributed by atoms with Gasteiger partial charge in [-0.25, -0.2) is 19.9 Å². The number of aliphatic hydroxyl groups is 1. The highest BCUT2D eigenvalue weighted by Crippen LogP contribution is 2.39. The molecule has 16 nitrogen and oxygen atoms in total. The number of nitrogens with one attached hydrogen (secondary N) is 2. The third-order valence-corrected chi connectivity index (χ3v) is 14.0.